The molecule has 0 spiro atoms. The van der Waals surface area contributed by atoms with Gasteiger partial charge in [-0.3, -0.25) is 0 Å². The van der Waals surface area contributed by atoms with Gasteiger partial charge < -0.3 is 9.30 Å². The SMILES string of the molecule is CC.COC(=O)C(F)Cn1cc(S(=O)(=O)Cl)c2ccc(Cl)nc21. The van der Waals surface area contributed by atoms with Crippen molar-refractivity contribution in [2.75, 3.05) is 7.11 Å². The molecule has 2 aromatic rings. The summed E-state index contributed by atoms with van der Waals surface area (Å²) in [6, 6.07) is 2.79. The number of carbonyl (C=O) groups is 1. The first-order valence-corrected chi connectivity index (χ1v) is 9.24. The van der Waals surface area contributed by atoms with Gasteiger partial charge in [-0.25, -0.2) is 22.6 Å². The maximum Gasteiger partial charge on any atom is 0.342 e. The van der Waals surface area contributed by atoms with Crippen LogP contribution in [0.4, 0.5) is 4.39 Å². The van der Waals surface area contributed by atoms with Gasteiger partial charge in [0.25, 0.3) is 9.05 Å². The molecule has 0 saturated heterocycles. The van der Waals surface area contributed by atoms with E-state index in [9.17, 15) is 17.6 Å². The Bertz CT molecular complexity index is 808. The Balaban J connectivity index is 0.00000127. The van der Waals surface area contributed by atoms with Crippen LogP contribution in [-0.2, 0) is 25.1 Å². The maximum atomic E-state index is 13.7. The number of ether oxygens (including phenoxy) is 1. The van der Waals surface area contributed by atoms with Crippen LogP contribution in [0.25, 0.3) is 11.0 Å². The molecule has 23 heavy (non-hydrogen) atoms. The Morgan fingerprint density at radius 1 is 1.43 bits per heavy atom. The highest BCUT2D eigenvalue weighted by Crippen LogP contribution is 2.28. The molecule has 6 nitrogen and oxygen atoms in total. The lowest BCUT2D eigenvalue weighted by molar-refractivity contribution is -0.146. The van der Waals surface area contributed by atoms with Crippen molar-refractivity contribution in [2.45, 2.75) is 31.5 Å². The van der Waals surface area contributed by atoms with E-state index >= 15 is 0 Å². The van der Waals surface area contributed by atoms with Gasteiger partial charge in [0.05, 0.1) is 13.7 Å². The zero-order valence-corrected chi connectivity index (χ0v) is 14.9. The van der Waals surface area contributed by atoms with Crippen LogP contribution in [-0.4, -0.2) is 37.2 Å². The van der Waals surface area contributed by atoms with Gasteiger partial charge in [-0.2, -0.15) is 0 Å². The second kappa shape index (κ2) is 7.94. The summed E-state index contributed by atoms with van der Waals surface area (Å²) in [6.45, 7) is 3.53. The Hall–Kier alpha value is -1.38. The zero-order valence-electron chi connectivity index (χ0n) is 12.6. The van der Waals surface area contributed by atoms with Crippen molar-refractivity contribution in [3.8, 4) is 0 Å². The quantitative estimate of drug-likeness (QED) is 0.459. The highest BCUT2D eigenvalue weighted by atomic mass is 35.7. The first kappa shape index (κ1) is 19.7. The fourth-order valence-electron chi connectivity index (χ4n) is 1.82. The number of nitrogens with zero attached hydrogens (tertiary/aromatic N) is 2. The second-order valence-electron chi connectivity index (χ2n) is 4.08. The van der Waals surface area contributed by atoms with Gasteiger partial charge in [0, 0.05) is 22.3 Å². The van der Waals surface area contributed by atoms with Crippen LogP contribution in [0.15, 0.2) is 23.2 Å². The first-order valence-electron chi connectivity index (χ1n) is 6.56. The normalized spacial score (nSPS) is 12.4. The average Bonchev–Trinajstić information content (AvgIpc) is 2.86. The number of hydrogen-bond donors (Lipinski definition) is 0. The number of methoxy groups -OCH3 is 1. The van der Waals surface area contributed by atoms with E-state index in [2.05, 4.69) is 9.72 Å². The topological polar surface area (TPSA) is 78.3 Å². The van der Waals surface area contributed by atoms with Gasteiger partial charge in [-0.15, -0.1) is 0 Å². The van der Waals surface area contributed by atoms with E-state index in [0.717, 1.165) is 17.9 Å². The molecular weight excluding hydrogens is 370 g/mol. The lowest BCUT2D eigenvalue weighted by Gasteiger charge is -2.08. The van der Waals surface area contributed by atoms with E-state index in [4.69, 9.17) is 22.3 Å². The molecule has 0 saturated carbocycles. The summed E-state index contributed by atoms with van der Waals surface area (Å²) in [7, 11) is 2.32. The number of halogens is 3. The summed E-state index contributed by atoms with van der Waals surface area (Å²) >= 11 is 5.75. The predicted molar refractivity (Wildman–Crippen MR) is 86.0 cm³/mol. The fraction of sp³-hybridized carbons (Fsp3) is 0.385. The molecule has 1 atom stereocenters. The summed E-state index contributed by atoms with van der Waals surface area (Å²) in [4.78, 5) is 14.8. The van der Waals surface area contributed by atoms with Gasteiger partial charge in [0.15, 0.2) is 0 Å². The van der Waals surface area contributed by atoms with E-state index in [1.807, 2.05) is 13.8 Å². The Morgan fingerprint density at radius 2 is 2.04 bits per heavy atom. The van der Waals surface area contributed by atoms with Crippen LogP contribution >= 0.6 is 22.3 Å². The number of fused-ring (bicyclic) bond motifs is 1. The molecule has 0 N–H and O–H groups in total. The number of alkyl halides is 1. The third-order valence-corrected chi connectivity index (χ3v) is 4.29. The van der Waals surface area contributed by atoms with E-state index in [-0.39, 0.29) is 21.1 Å². The van der Waals surface area contributed by atoms with Gasteiger partial charge in [0.1, 0.15) is 15.7 Å². The van der Waals surface area contributed by atoms with Crippen molar-refractivity contribution < 1.29 is 22.3 Å². The van der Waals surface area contributed by atoms with Crippen LogP contribution in [0.3, 0.4) is 0 Å². The summed E-state index contributed by atoms with van der Waals surface area (Å²) in [6.07, 6.45) is -0.872. The molecule has 0 bridgehead atoms. The molecule has 0 aliphatic heterocycles. The van der Waals surface area contributed by atoms with Crippen molar-refractivity contribution in [2.24, 2.45) is 0 Å². The average molecular weight is 385 g/mol. The number of hydrogen-bond acceptors (Lipinski definition) is 5. The highest BCUT2D eigenvalue weighted by molar-refractivity contribution is 8.14. The number of esters is 1. The van der Waals surface area contributed by atoms with Crippen LogP contribution in [0.2, 0.25) is 5.15 Å². The summed E-state index contributed by atoms with van der Waals surface area (Å²) in [5, 5.41) is 0.278. The maximum absolute atomic E-state index is 13.7. The number of pyridine rings is 1. The van der Waals surface area contributed by atoms with Gasteiger partial charge in [0.2, 0.25) is 6.17 Å². The molecule has 2 aromatic heterocycles. The van der Waals surface area contributed by atoms with Crippen molar-refractivity contribution >= 4 is 48.3 Å². The largest absolute Gasteiger partial charge is 0.467 e. The molecule has 128 valence electrons. The van der Waals surface area contributed by atoms with E-state index in [0.29, 0.717) is 0 Å². The summed E-state index contributed by atoms with van der Waals surface area (Å²) < 4.78 is 42.2. The van der Waals surface area contributed by atoms with Crippen molar-refractivity contribution in [1.29, 1.82) is 0 Å². The van der Waals surface area contributed by atoms with Crippen LogP contribution in [0.5, 0.6) is 0 Å². The molecule has 0 aliphatic rings. The third-order valence-electron chi connectivity index (χ3n) is 2.73. The zero-order chi connectivity index (χ0) is 17.8. The molecule has 0 aliphatic carbocycles. The van der Waals surface area contributed by atoms with Crippen LogP contribution < -0.4 is 0 Å². The third kappa shape index (κ3) is 4.55. The molecule has 0 aromatic carbocycles. The monoisotopic (exact) mass is 384 g/mol. The number of carbonyl (C=O) groups excluding carboxylic acids is 1. The molecule has 2 heterocycles. The minimum atomic E-state index is -4.05. The molecule has 10 heteroatoms. The molecule has 0 radical (unpaired) electrons. The van der Waals surface area contributed by atoms with Gasteiger partial charge in [-0.05, 0) is 12.1 Å². The molecule has 0 amide bonds. The van der Waals surface area contributed by atoms with E-state index in [1.165, 1.54) is 12.1 Å². The van der Waals surface area contributed by atoms with Gasteiger partial charge >= 0.3 is 5.97 Å². The molecule has 1 unspecified atom stereocenters. The standard InChI is InChI=1S/C11H9Cl2FN2O4S.C2H6/c1-20-11(17)7(14)4-16-5-8(21(13,18)19)6-2-3-9(12)15-10(6)16;1-2/h2-3,5,7H,4H2,1H3;1-2H3. The first-order chi connectivity index (χ1) is 10.7. The van der Waals surface area contributed by atoms with E-state index in [1.54, 1.807) is 0 Å². The second-order valence-corrected chi connectivity index (χ2v) is 7.00. The smallest absolute Gasteiger partial charge is 0.342 e. The predicted octanol–water partition coefficient (Wildman–Crippen LogP) is 3.15. The summed E-state index contributed by atoms with van der Waals surface area (Å²) in [5.74, 6) is -1.07. The van der Waals surface area contributed by atoms with E-state index < -0.39 is 27.7 Å². The minimum absolute atomic E-state index is 0.0915. The van der Waals surface area contributed by atoms with Crippen molar-refractivity contribution in [3.05, 3.63) is 23.5 Å². The summed E-state index contributed by atoms with van der Waals surface area (Å²) in [5.41, 5.74) is 0.105. The van der Waals surface area contributed by atoms with Crippen LogP contribution in [0, 0.1) is 0 Å². The highest BCUT2D eigenvalue weighted by Gasteiger charge is 2.24. The minimum Gasteiger partial charge on any atom is -0.467 e. The lowest BCUT2D eigenvalue weighted by Crippen LogP contribution is -2.22. The number of rotatable bonds is 4. The Morgan fingerprint density at radius 3 is 2.57 bits per heavy atom. The van der Waals surface area contributed by atoms with Crippen LogP contribution in [0.1, 0.15) is 13.8 Å². The van der Waals surface area contributed by atoms with Gasteiger partial charge in [-0.1, -0.05) is 25.4 Å². The molecule has 2 rings (SSSR count). The molecular formula is C13H15Cl2FN2O4S. The number of aromatic nitrogens is 2. The van der Waals surface area contributed by atoms with Crippen molar-refractivity contribution in [3.63, 3.8) is 0 Å². The van der Waals surface area contributed by atoms with Crippen molar-refractivity contribution in [1.82, 2.24) is 9.55 Å². The Labute approximate surface area is 142 Å². The lowest BCUT2D eigenvalue weighted by atomic mass is 10.3. The fourth-order valence-corrected chi connectivity index (χ4v) is 3.00. The Kier molecular flexibility index (Phi) is 6.79. The molecule has 0 fully saturated rings.